The van der Waals surface area contributed by atoms with Crippen molar-refractivity contribution >= 4 is 23.5 Å². The Hall–Kier alpha value is -3.16. The molecule has 0 saturated carbocycles. The van der Waals surface area contributed by atoms with E-state index in [0.717, 1.165) is 0 Å². The van der Waals surface area contributed by atoms with Crippen LogP contribution < -0.4 is 10.6 Å². The maximum atomic E-state index is 12.1. The molecule has 0 saturated heterocycles. The maximum Gasteiger partial charge on any atom is 0.356 e. The summed E-state index contributed by atoms with van der Waals surface area (Å²) >= 11 is 0. The Labute approximate surface area is 144 Å². The SMILES string of the molecule is CC(C)(C)C(=O)NCC(=O)Nc1ccccc1-n1ccc(C(=O)O)n1. The van der Waals surface area contributed by atoms with E-state index in [4.69, 9.17) is 5.11 Å². The number of hydrogen-bond acceptors (Lipinski definition) is 4. The van der Waals surface area contributed by atoms with Crippen LogP contribution in [0, 0.1) is 5.41 Å². The zero-order valence-electron chi connectivity index (χ0n) is 14.2. The molecule has 0 radical (unpaired) electrons. The van der Waals surface area contributed by atoms with Gasteiger partial charge in [0.15, 0.2) is 5.69 Å². The third-order valence-electron chi connectivity index (χ3n) is 3.32. The third kappa shape index (κ3) is 4.66. The summed E-state index contributed by atoms with van der Waals surface area (Å²) < 4.78 is 1.37. The molecule has 1 aromatic carbocycles. The second-order valence-electron chi connectivity index (χ2n) is 6.45. The molecule has 2 rings (SSSR count). The van der Waals surface area contributed by atoms with Crippen LogP contribution in [0.4, 0.5) is 5.69 Å². The molecule has 8 heteroatoms. The van der Waals surface area contributed by atoms with Crippen LogP contribution in [0.25, 0.3) is 5.69 Å². The van der Waals surface area contributed by atoms with Gasteiger partial charge in [0.2, 0.25) is 11.8 Å². The molecule has 0 fully saturated rings. The number of amides is 2. The molecule has 8 nitrogen and oxygen atoms in total. The highest BCUT2D eigenvalue weighted by atomic mass is 16.4. The lowest BCUT2D eigenvalue weighted by atomic mass is 9.96. The van der Waals surface area contributed by atoms with Crippen molar-refractivity contribution in [2.24, 2.45) is 5.41 Å². The predicted molar refractivity (Wildman–Crippen MR) is 91.6 cm³/mol. The normalized spacial score (nSPS) is 11.0. The number of benzene rings is 1. The van der Waals surface area contributed by atoms with Crippen molar-refractivity contribution in [1.29, 1.82) is 0 Å². The fourth-order valence-electron chi connectivity index (χ4n) is 1.97. The van der Waals surface area contributed by atoms with Gasteiger partial charge in [-0.25, -0.2) is 9.48 Å². The first-order chi connectivity index (χ1) is 11.7. The summed E-state index contributed by atoms with van der Waals surface area (Å²) in [6, 6.07) is 8.20. The summed E-state index contributed by atoms with van der Waals surface area (Å²) in [5, 5.41) is 18.2. The fourth-order valence-corrected chi connectivity index (χ4v) is 1.97. The topological polar surface area (TPSA) is 113 Å². The van der Waals surface area contributed by atoms with Gasteiger partial charge in [-0.2, -0.15) is 5.10 Å². The Morgan fingerprint density at radius 2 is 1.84 bits per heavy atom. The molecule has 0 atom stereocenters. The predicted octanol–water partition coefficient (Wildman–Crippen LogP) is 1.67. The lowest BCUT2D eigenvalue weighted by molar-refractivity contribution is -0.130. The van der Waals surface area contributed by atoms with E-state index in [-0.39, 0.29) is 18.1 Å². The van der Waals surface area contributed by atoms with Crippen molar-refractivity contribution < 1.29 is 19.5 Å². The van der Waals surface area contributed by atoms with Crippen molar-refractivity contribution in [3.63, 3.8) is 0 Å². The number of carbonyl (C=O) groups is 3. The molecule has 132 valence electrons. The largest absolute Gasteiger partial charge is 0.476 e. The van der Waals surface area contributed by atoms with Crippen LogP contribution in [0.3, 0.4) is 0 Å². The Balaban J connectivity index is 2.11. The van der Waals surface area contributed by atoms with Gasteiger partial charge in [0, 0.05) is 11.6 Å². The highest BCUT2D eigenvalue weighted by molar-refractivity contribution is 5.96. The Morgan fingerprint density at radius 3 is 2.44 bits per heavy atom. The number of aromatic carboxylic acids is 1. The van der Waals surface area contributed by atoms with Crippen LogP contribution in [-0.4, -0.2) is 39.2 Å². The molecule has 2 amide bonds. The summed E-state index contributed by atoms with van der Waals surface area (Å²) in [4.78, 5) is 34.9. The van der Waals surface area contributed by atoms with Crippen molar-refractivity contribution in [1.82, 2.24) is 15.1 Å². The average Bonchev–Trinajstić information content (AvgIpc) is 3.02. The minimum atomic E-state index is -1.13. The number of carbonyl (C=O) groups excluding carboxylic acids is 2. The van der Waals surface area contributed by atoms with Crippen LogP contribution in [-0.2, 0) is 9.59 Å². The zero-order valence-corrected chi connectivity index (χ0v) is 14.2. The Bertz CT molecular complexity index is 805. The average molecular weight is 344 g/mol. The smallest absolute Gasteiger partial charge is 0.356 e. The van der Waals surface area contributed by atoms with Gasteiger partial charge in [-0.15, -0.1) is 0 Å². The number of anilines is 1. The monoisotopic (exact) mass is 344 g/mol. The third-order valence-corrected chi connectivity index (χ3v) is 3.32. The highest BCUT2D eigenvalue weighted by Crippen LogP contribution is 2.19. The summed E-state index contributed by atoms with van der Waals surface area (Å²) in [5.41, 5.74) is 0.294. The van der Waals surface area contributed by atoms with E-state index < -0.39 is 17.3 Å². The van der Waals surface area contributed by atoms with Crippen LogP contribution in [0.1, 0.15) is 31.3 Å². The number of rotatable bonds is 5. The molecule has 0 unspecified atom stereocenters. The summed E-state index contributed by atoms with van der Waals surface area (Å²) in [6.45, 7) is 5.11. The van der Waals surface area contributed by atoms with Gasteiger partial charge >= 0.3 is 5.97 Å². The minimum Gasteiger partial charge on any atom is -0.476 e. The lowest BCUT2D eigenvalue weighted by Gasteiger charge is -2.17. The second kappa shape index (κ2) is 7.16. The lowest BCUT2D eigenvalue weighted by Crippen LogP contribution is -2.39. The van der Waals surface area contributed by atoms with Crippen LogP contribution in [0.15, 0.2) is 36.5 Å². The van der Waals surface area contributed by atoms with Crippen molar-refractivity contribution in [3.8, 4) is 5.69 Å². The molecule has 25 heavy (non-hydrogen) atoms. The summed E-state index contributed by atoms with van der Waals surface area (Å²) in [6.07, 6.45) is 1.50. The number of carboxylic acid groups (broad SMARTS) is 1. The van der Waals surface area contributed by atoms with Gasteiger partial charge in [0.05, 0.1) is 17.9 Å². The standard InChI is InChI=1S/C17H20N4O4/c1-17(2,3)16(25)18-10-14(22)19-11-6-4-5-7-13(11)21-9-8-12(20-21)15(23)24/h4-9H,10H2,1-3H3,(H,18,25)(H,19,22)(H,23,24). The number of para-hydroxylation sites is 2. The van der Waals surface area contributed by atoms with Crippen LogP contribution in [0.5, 0.6) is 0 Å². The molecule has 0 spiro atoms. The van der Waals surface area contributed by atoms with E-state index in [1.54, 1.807) is 45.0 Å². The summed E-state index contributed by atoms with van der Waals surface area (Å²) in [5.74, 6) is -1.75. The molecule has 3 N–H and O–H groups in total. The number of carboxylic acids is 1. The van der Waals surface area contributed by atoms with E-state index in [0.29, 0.717) is 11.4 Å². The first kappa shape index (κ1) is 18.2. The fraction of sp³-hybridized carbons (Fsp3) is 0.294. The number of hydrogen-bond donors (Lipinski definition) is 3. The van der Waals surface area contributed by atoms with E-state index in [9.17, 15) is 14.4 Å². The van der Waals surface area contributed by atoms with Gasteiger partial charge in [0.25, 0.3) is 0 Å². The van der Waals surface area contributed by atoms with Crippen molar-refractivity contribution in [3.05, 3.63) is 42.2 Å². The molecule has 0 bridgehead atoms. The van der Waals surface area contributed by atoms with Gasteiger partial charge in [-0.1, -0.05) is 32.9 Å². The molecular formula is C17H20N4O4. The Morgan fingerprint density at radius 1 is 1.16 bits per heavy atom. The van der Waals surface area contributed by atoms with E-state index in [1.807, 2.05) is 0 Å². The van der Waals surface area contributed by atoms with Crippen molar-refractivity contribution in [2.45, 2.75) is 20.8 Å². The molecule has 0 aliphatic heterocycles. The summed E-state index contributed by atoms with van der Waals surface area (Å²) in [7, 11) is 0. The van der Waals surface area contributed by atoms with Gasteiger partial charge in [-0.05, 0) is 18.2 Å². The molecular weight excluding hydrogens is 324 g/mol. The van der Waals surface area contributed by atoms with E-state index >= 15 is 0 Å². The number of nitrogens with one attached hydrogen (secondary N) is 2. The van der Waals surface area contributed by atoms with E-state index in [1.165, 1.54) is 16.9 Å². The zero-order chi connectivity index (χ0) is 18.6. The van der Waals surface area contributed by atoms with Gasteiger partial charge < -0.3 is 15.7 Å². The maximum absolute atomic E-state index is 12.1. The van der Waals surface area contributed by atoms with Crippen LogP contribution >= 0.6 is 0 Å². The Kier molecular flexibility index (Phi) is 5.21. The van der Waals surface area contributed by atoms with Gasteiger partial charge in [0.1, 0.15) is 0 Å². The number of nitrogens with zero attached hydrogens (tertiary/aromatic N) is 2. The first-order valence-corrected chi connectivity index (χ1v) is 7.65. The first-order valence-electron chi connectivity index (χ1n) is 7.65. The minimum absolute atomic E-state index is 0.0985. The number of aromatic nitrogens is 2. The van der Waals surface area contributed by atoms with Crippen molar-refractivity contribution in [2.75, 3.05) is 11.9 Å². The molecule has 0 aliphatic carbocycles. The van der Waals surface area contributed by atoms with Crippen LogP contribution in [0.2, 0.25) is 0 Å². The highest BCUT2D eigenvalue weighted by Gasteiger charge is 2.21. The quantitative estimate of drug-likeness (QED) is 0.763. The van der Waals surface area contributed by atoms with Gasteiger partial charge in [-0.3, -0.25) is 9.59 Å². The molecule has 1 heterocycles. The molecule has 1 aromatic heterocycles. The molecule has 2 aromatic rings. The molecule has 0 aliphatic rings. The second-order valence-corrected chi connectivity index (χ2v) is 6.45. The van der Waals surface area contributed by atoms with E-state index in [2.05, 4.69) is 15.7 Å².